The maximum absolute atomic E-state index is 13.0. The molecule has 2 saturated heterocycles. The van der Waals surface area contributed by atoms with Crippen LogP contribution in [0.25, 0.3) is 5.69 Å². The van der Waals surface area contributed by atoms with Crippen molar-refractivity contribution >= 4 is 17.7 Å². The molecule has 2 aliphatic heterocycles. The van der Waals surface area contributed by atoms with Crippen LogP contribution in [0.15, 0.2) is 24.3 Å². The van der Waals surface area contributed by atoms with Crippen molar-refractivity contribution in [3.05, 3.63) is 35.7 Å². The summed E-state index contributed by atoms with van der Waals surface area (Å²) in [7, 11) is 1.58. The molecule has 0 bridgehead atoms. The predicted molar refractivity (Wildman–Crippen MR) is 113 cm³/mol. The number of methoxy groups -OCH3 is 1. The van der Waals surface area contributed by atoms with Crippen molar-refractivity contribution in [1.82, 2.24) is 29.7 Å². The Hall–Kier alpha value is -3.47. The van der Waals surface area contributed by atoms with Gasteiger partial charge in [-0.15, -0.1) is 5.10 Å². The lowest BCUT2D eigenvalue weighted by Crippen LogP contribution is -2.55. The number of carbonyl (C=O) groups is 3. The molecule has 170 valence electrons. The monoisotopic (exact) mass is 442 g/mol. The van der Waals surface area contributed by atoms with Gasteiger partial charge in [0.2, 0.25) is 0 Å². The first-order valence-electron chi connectivity index (χ1n) is 10.5. The van der Waals surface area contributed by atoms with E-state index < -0.39 is 11.8 Å². The maximum atomic E-state index is 13.0. The van der Waals surface area contributed by atoms with Gasteiger partial charge in [0.1, 0.15) is 5.75 Å². The number of carbonyl (C=O) groups excluding carboxylic acids is 3. The van der Waals surface area contributed by atoms with Crippen molar-refractivity contribution in [3.63, 3.8) is 0 Å². The average molecular weight is 442 g/mol. The lowest BCUT2D eigenvalue weighted by atomic mass is 10.2. The fourth-order valence-electron chi connectivity index (χ4n) is 3.81. The van der Waals surface area contributed by atoms with Crippen molar-refractivity contribution in [2.75, 3.05) is 59.6 Å². The molecule has 2 fully saturated rings. The van der Waals surface area contributed by atoms with E-state index >= 15 is 0 Å². The molecule has 32 heavy (non-hydrogen) atoms. The highest BCUT2D eigenvalue weighted by atomic mass is 16.5. The quantitative estimate of drug-likeness (QED) is 0.602. The number of amides is 3. The number of piperazine rings is 1. The second kappa shape index (κ2) is 9.35. The van der Waals surface area contributed by atoms with Gasteiger partial charge in [0.15, 0.2) is 5.69 Å². The van der Waals surface area contributed by atoms with Crippen LogP contribution in [0.3, 0.4) is 0 Å². The van der Waals surface area contributed by atoms with E-state index in [0.29, 0.717) is 63.9 Å². The van der Waals surface area contributed by atoms with Crippen LogP contribution in [0, 0.1) is 6.92 Å². The van der Waals surface area contributed by atoms with E-state index in [2.05, 4.69) is 10.3 Å². The van der Waals surface area contributed by atoms with Crippen molar-refractivity contribution < 1.29 is 23.9 Å². The summed E-state index contributed by atoms with van der Waals surface area (Å²) in [5.41, 5.74) is 1.62. The molecule has 2 aliphatic rings. The Labute approximate surface area is 185 Å². The van der Waals surface area contributed by atoms with Gasteiger partial charge in [-0.2, -0.15) is 0 Å². The number of hydrogen-bond donors (Lipinski definition) is 0. The van der Waals surface area contributed by atoms with Crippen LogP contribution in [-0.2, 0) is 14.3 Å². The van der Waals surface area contributed by atoms with Crippen molar-refractivity contribution in [1.29, 1.82) is 0 Å². The Kier molecular flexibility index (Phi) is 6.35. The zero-order valence-corrected chi connectivity index (χ0v) is 18.2. The molecule has 3 heterocycles. The van der Waals surface area contributed by atoms with Gasteiger partial charge in [-0.25, -0.2) is 4.68 Å². The van der Waals surface area contributed by atoms with Gasteiger partial charge in [0, 0.05) is 45.3 Å². The molecular weight excluding hydrogens is 416 g/mol. The average Bonchev–Trinajstić information content (AvgIpc) is 3.24. The first-order valence-corrected chi connectivity index (χ1v) is 10.5. The summed E-state index contributed by atoms with van der Waals surface area (Å²) in [5.74, 6) is -0.606. The van der Waals surface area contributed by atoms with Gasteiger partial charge in [0.25, 0.3) is 5.91 Å². The SMILES string of the molecule is COc1cccc(-n2nnc(C(=O)N3CCN(C(=O)C(=O)N4CCOCC4)CC3)c2C)c1. The molecule has 11 nitrogen and oxygen atoms in total. The molecule has 3 amide bonds. The Morgan fingerprint density at radius 2 is 1.56 bits per heavy atom. The Morgan fingerprint density at radius 3 is 2.22 bits per heavy atom. The van der Waals surface area contributed by atoms with E-state index in [0.717, 1.165) is 5.69 Å². The number of benzene rings is 1. The van der Waals surface area contributed by atoms with Crippen LogP contribution < -0.4 is 4.74 Å². The lowest BCUT2D eigenvalue weighted by molar-refractivity contribution is -0.154. The van der Waals surface area contributed by atoms with Gasteiger partial charge < -0.3 is 24.2 Å². The third kappa shape index (κ3) is 4.28. The standard InChI is InChI=1S/C21H26N6O5/c1-15-18(22-23-27(15)16-4-3-5-17(14-16)31-2)19(28)24-6-8-25(9-7-24)20(29)21(30)26-10-12-32-13-11-26/h3-5,14H,6-13H2,1-2H3. The summed E-state index contributed by atoms with van der Waals surface area (Å²) in [5, 5.41) is 8.23. The van der Waals surface area contributed by atoms with E-state index in [4.69, 9.17) is 9.47 Å². The molecule has 0 saturated carbocycles. The highest BCUT2D eigenvalue weighted by Crippen LogP contribution is 2.19. The van der Waals surface area contributed by atoms with Crippen molar-refractivity contribution in [3.8, 4) is 11.4 Å². The van der Waals surface area contributed by atoms with E-state index in [1.165, 1.54) is 9.80 Å². The zero-order valence-electron chi connectivity index (χ0n) is 18.2. The smallest absolute Gasteiger partial charge is 0.312 e. The van der Waals surface area contributed by atoms with Gasteiger partial charge in [-0.1, -0.05) is 11.3 Å². The molecule has 2 aromatic rings. The van der Waals surface area contributed by atoms with Crippen LogP contribution in [0.5, 0.6) is 5.75 Å². The summed E-state index contributed by atoms with van der Waals surface area (Å²) >= 11 is 0. The van der Waals surface area contributed by atoms with Crippen LogP contribution >= 0.6 is 0 Å². The molecule has 1 aromatic carbocycles. The fraction of sp³-hybridized carbons (Fsp3) is 0.476. The minimum atomic E-state index is -0.529. The zero-order chi connectivity index (χ0) is 22.7. The third-order valence-corrected chi connectivity index (χ3v) is 5.73. The van der Waals surface area contributed by atoms with Crippen LogP contribution in [0.4, 0.5) is 0 Å². The molecule has 0 N–H and O–H groups in total. The maximum Gasteiger partial charge on any atom is 0.312 e. The molecule has 11 heteroatoms. The van der Waals surface area contributed by atoms with Crippen LogP contribution in [0.2, 0.25) is 0 Å². The Bertz CT molecular complexity index is 1010. The molecule has 0 spiro atoms. The van der Waals surface area contributed by atoms with Crippen molar-refractivity contribution in [2.24, 2.45) is 0 Å². The first kappa shape index (κ1) is 21.8. The highest BCUT2D eigenvalue weighted by molar-refractivity contribution is 6.34. The topological polar surface area (TPSA) is 110 Å². The minimum absolute atomic E-state index is 0.247. The fourth-order valence-corrected chi connectivity index (χ4v) is 3.81. The molecular formula is C21H26N6O5. The summed E-state index contributed by atoms with van der Waals surface area (Å²) in [6.45, 7) is 4.75. The molecule has 0 aliphatic carbocycles. The number of aromatic nitrogens is 3. The lowest BCUT2D eigenvalue weighted by Gasteiger charge is -2.35. The first-order chi connectivity index (χ1) is 15.5. The number of morpholine rings is 1. The summed E-state index contributed by atoms with van der Waals surface area (Å²) in [4.78, 5) is 42.7. The second-order valence-electron chi connectivity index (χ2n) is 7.63. The second-order valence-corrected chi connectivity index (χ2v) is 7.63. The largest absolute Gasteiger partial charge is 0.497 e. The van der Waals surface area contributed by atoms with Gasteiger partial charge in [-0.05, 0) is 19.1 Å². The predicted octanol–water partition coefficient (Wildman–Crippen LogP) is -0.272. The Balaban J connectivity index is 1.39. The molecule has 4 rings (SSSR count). The summed E-state index contributed by atoms with van der Waals surface area (Å²) < 4.78 is 12.1. The minimum Gasteiger partial charge on any atom is -0.497 e. The van der Waals surface area contributed by atoms with Gasteiger partial charge in [-0.3, -0.25) is 14.4 Å². The van der Waals surface area contributed by atoms with E-state index in [1.54, 1.807) is 23.6 Å². The number of rotatable bonds is 3. The van der Waals surface area contributed by atoms with E-state index in [1.807, 2.05) is 24.3 Å². The normalized spacial score (nSPS) is 16.8. The Morgan fingerprint density at radius 1 is 0.938 bits per heavy atom. The summed E-state index contributed by atoms with van der Waals surface area (Å²) in [6, 6.07) is 7.33. The van der Waals surface area contributed by atoms with Crippen LogP contribution in [0.1, 0.15) is 16.2 Å². The molecule has 0 unspecified atom stereocenters. The number of ether oxygens (including phenoxy) is 2. The van der Waals surface area contributed by atoms with Gasteiger partial charge >= 0.3 is 11.8 Å². The summed E-state index contributed by atoms with van der Waals surface area (Å²) in [6.07, 6.45) is 0. The molecule has 0 atom stereocenters. The highest BCUT2D eigenvalue weighted by Gasteiger charge is 2.32. The van der Waals surface area contributed by atoms with Crippen LogP contribution in [-0.4, -0.2) is 107 Å². The van der Waals surface area contributed by atoms with E-state index in [-0.39, 0.29) is 11.6 Å². The van der Waals surface area contributed by atoms with E-state index in [9.17, 15) is 14.4 Å². The van der Waals surface area contributed by atoms with Gasteiger partial charge in [0.05, 0.1) is 31.7 Å². The van der Waals surface area contributed by atoms with Crippen molar-refractivity contribution in [2.45, 2.75) is 6.92 Å². The number of nitrogens with zero attached hydrogens (tertiary/aromatic N) is 6. The molecule has 0 radical (unpaired) electrons. The number of hydrogen-bond acceptors (Lipinski definition) is 7. The third-order valence-electron chi connectivity index (χ3n) is 5.73. The molecule has 1 aromatic heterocycles.